The van der Waals surface area contributed by atoms with E-state index in [1.807, 2.05) is 18.7 Å². The van der Waals surface area contributed by atoms with Gasteiger partial charge in [-0.05, 0) is 44.7 Å². The average Bonchev–Trinajstić information content (AvgIpc) is 2.66. The summed E-state index contributed by atoms with van der Waals surface area (Å²) < 4.78 is 18.9. The number of likely N-dealkylation sites (tertiary alicyclic amines) is 1. The van der Waals surface area contributed by atoms with E-state index in [0.717, 1.165) is 26.1 Å². The molecule has 0 bridgehead atoms. The molecule has 1 amide bonds. The molecule has 1 aromatic rings. The van der Waals surface area contributed by atoms with Crippen molar-refractivity contribution in [3.63, 3.8) is 0 Å². The molecule has 0 aliphatic carbocycles. The third kappa shape index (κ3) is 9.64. The fourth-order valence-electron chi connectivity index (χ4n) is 3.23. The van der Waals surface area contributed by atoms with Gasteiger partial charge < -0.3 is 20.3 Å². The van der Waals surface area contributed by atoms with Crippen LogP contribution in [0.15, 0.2) is 29.3 Å². The smallest absolute Gasteiger partial charge is 0.224 e. The second-order valence-electron chi connectivity index (χ2n) is 7.37. The molecule has 29 heavy (non-hydrogen) atoms. The number of carbonyl (C=O) groups excluding carboxylic acids is 1. The third-order valence-electron chi connectivity index (χ3n) is 4.63. The van der Waals surface area contributed by atoms with E-state index in [-0.39, 0.29) is 41.8 Å². The maximum Gasteiger partial charge on any atom is 0.224 e. The van der Waals surface area contributed by atoms with Gasteiger partial charge in [0.15, 0.2) is 5.96 Å². The number of guanidine groups is 1. The zero-order valence-corrected chi connectivity index (χ0v) is 19.9. The van der Waals surface area contributed by atoms with Crippen LogP contribution in [-0.4, -0.2) is 55.6 Å². The van der Waals surface area contributed by atoms with Crippen molar-refractivity contribution in [2.45, 2.75) is 46.1 Å². The van der Waals surface area contributed by atoms with Crippen molar-refractivity contribution in [3.05, 3.63) is 30.1 Å². The predicted molar refractivity (Wildman–Crippen MR) is 125 cm³/mol. The van der Waals surface area contributed by atoms with E-state index < -0.39 is 0 Å². The number of aliphatic imine (C=N–C) groups is 1. The number of carbonyl (C=O) groups is 1. The topological polar surface area (TPSA) is 66.0 Å². The fourth-order valence-corrected chi connectivity index (χ4v) is 3.23. The van der Waals surface area contributed by atoms with Gasteiger partial charge in [0.2, 0.25) is 5.91 Å². The molecule has 0 spiro atoms. The molecule has 1 aliphatic heterocycles. The Morgan fingerprint density at radius 2 is 2.21 bits per heavy atom. The second kappa shape index (κ2) is 13.6. The Balaban J connectivity index is 0.00000420. The summed E-state index contributed by atoms with van der Waals surface area (Å²) in [6.45, 7) is 9.48. The highest BCUT2D eigenvalue weighted by Gasteiger charge is 2.20. The van der Waals surface area contributed by atoms with E-state index in [2.05, 4.69) is 22.5 Å². The standard InChI is InChI=1S/C21H33FN4O2.HI/c1-4-23-21(24-11-10-20(27)26-12-6-7-16(2)15-26)25-14-17(3)28-19-9-5-8-18(22)13-19;/h5,8-9,13,16-17H,4,6-7,10-12,14-15H2,1-3H3,(H2,23,24,25);1H. The van der Waals surface area contributed by atoms with Crippen LogP contribution in [0.4, 0.5) is 4.39 Å². The van der Waals surface area contributed by atoms with Crippen molar-refractivity contribution in [1.29, 1.82) is 0 Å². The Kier molecular flexibility index (Phi) is 11.9. The number of nitrogens with zero attached hydrogens (tertiary/aromatic N) is 2. The Bertz CT molecular complexity index is 659. The van der Waals surface area contributed by atoms with Crippen LogP contribution in [0.3, 0.4) is 0 Å². The minimum Gasteiger partial charge on any atom is -0.489 e. The lowest BCUT2D eigenvalue weighted by Gasteiger charge is -2.31. The number of nitrogens with one attached hydrogen (secondary N) is 2. The number of ether oxygens (including phenoxy) is 1. The second-order valence-corrected chi connectivity index (χ2v) is 7.37. The molecule has 1 fully saturated rings. The molecule has 6 nitrogen and oxygen atoms in total. The highest BCUT2D eigenvalue weighted by atomic mass is 127. The summed E-state index contributed by atoms with van der Waals surface area (Å²) in [5.41, 5.74) is 0. The number of benzene rings is 1. The van der Waals surface area contributed by atoms with Crippen LogP contribution < -0.4 is 15.4 Å². The Morgan fingerprint density at radius 3 is 2.90 bits per heavy atom. The molecule has 2 rings (SSSR count). The van der Waals surface area contributed by atoms with Crippen LogP contribution in [0.25, 0.3) is 0 Å². The number of piperidine rings is 1. The average molecular weight is 520 g/mol. The van der Waals surface area contributed by atoms with Gasteiger partial charge in [0.05, 0.1) is 6.54 Å². The lowest BCUT2D eigenvalue weighted by molar-refractivity contribution is -0.132. The number of rotatable bonds is 8. The molecule has 1 heterocycles. The van der Waals surface area contributed by atoms with Crippen LogP contribution >= 0.6 is 24.0 Å². The summed E-state index contributed by atoms with van der Waals surface area (Å²) in [7, 11) is 0. The molecule has 8 heteroatoms. The van der Waals surface area contributed by atoms with Crippen LogP contribution in [0, 0.1) is 11.7 Å². The van der Waals surface area contributed by atoms with Crippen molar-refractivity contribution in [2.75, 3.05) is 32.7 Å². The van der Waals surface area contributed by atoms with Gasteiger partial charge >= 0.3 is 0 Å². The van der Waals surface area contributed by atoms with E-state index in [4.69, 9.17) is 4.74 Å². The number of hydrogen-bond donors (Lipinski definition) is 2. The first kappa shape index (κ1) is 25.5. The molecule has 0 radical (unpaired) electrons. The largest absolute Gasteiger partial charge is 0.489 e. The normalized spacial score (nSPS) is 17.9. The first-order chi connectivity index (χ1) is 13.5. The molecule has 2 N–H and O–H groups in total. The Labute approximate surface area is 190 Å². The molecule has 0 aromatic heterocycles. The van der Waals surface area contributed by atoms with Gasteiger partial charge in [0, 0.05) is 38.7 Å². The predicted octanol–water partition coefficient (Wildman–Crippen LogP) is 3.41. The molecule has 0 saturated carbocycles. The molecule has 1 aliphatic rings. The Hall–Kier alpha value is -1.58. The SMILES string of the molecule is CCNC(=NCC(C)Oc1cccc(F)c1)NCCC(=O)N1CCCC(C)C1.I. The lowest BCUT2D eigenvalue weighted by Crippen LogP contribution is -2.42. The van der Waals surface area contributed by atoms with Crippen molar-refractivity contribution in [1.82, 2.24) is 15.5 Å². The van der Waals surface area contributed by atoms with E-state index in [1.54, 1.807) is 12.1 Å². The van der Waals surface area contributed by atoms with Gasteiger partial charge in [-0.15, -0.1) is 24.0 Å². The van der Waals surface area contributed by atoms with Gasteiger partial charge in [-0.3, -0.25) is 4.79 Å². The van der Waals surface area contributed by atoms with E-state index in [0.29, 0.717) is 37.1 Å². The lowest BCUT2D eigenvalue weighted by atomic mass is 10.00. The summed E-state index contributed by atoms with van der Waals surface area (Å²) in [6, 6.07) is 6.08. The molecule has 2 unspecified atom stereocenters. The summed E-state index contributed by atoms with van der Waals surface area (Å²) in [4.78, 5) is 18.8. The minimum atomic E-state index is -0.323. The van der Waals surface area contributed by atoms with E-state index >= 15 is 0 Å². The number of amides is 1. The zero-order chi connectivity index (χ0) is 20.4. The highest BCUT2D eigenvalue weighted by Crippen LogP contribution is 2.16. The first-order valence-electron chi connectivity index (χ1n) is 10.2. The van der Waals surface area contributed by atoms with Gasteiger partial charge in [-0.25, -0.2) is 9.38 Å². The molecule has 2 atom stereocenters. The molecular formula is C21H34FIN4O2. The minimum absolute atomic E-state index is 0. The van der Waals surface area contributed by atoms with Crippen LogP contribution in [0.1, 0.15) is 40.0 Å². The van der Waals surface area contributed by atoms with Crippen molar-refractivity contribution >= 4 is 35.8 Å². The van der Waals surface area contributed by atoms with E-state index in [1.165, 1.54) is 18.6 Å². The Morgan fingerprint density at radius 1 is 1.41 bits per heavy atom. The maximum atomic E-state index is 13.2. The quantitative estimate of drug-likeness (QED) is 0.313. The number of hydrogen-bond acceptors (Lipinski definition) is 3. The molecular weight excluding hydrogens is 486 g/mol. The molecule has 164 valence electrons. The highest BCUT2D eigenvalue weighted by molar-refractivity contribution is 14.0. The summed E-state index contributed by atoms with van der Waals surface area (Å²) >= 11 is 0. The van der Waals surface area contributed by atoms with Gasteiger partial charge in [-0.1, -0.05) is 13.0 Å². The maximum absolute atomic E-state index is 13.2. The molecule has 1 aromatic carbocycles. The van der Waals surface area contributed by atoms with Crippen molar-refractivity contribution < 1.29 is 13.9 Å². The first-order valence-corrected chi connectivity index (χ1v) is 10.2. The number of halogens is 2. The summed E-state index contributed by atoms with van der Waals surface area (Å²) in [5.74, 6) is 1.59. The van der Waals surface area contributed by atoms with Gasteiger partial charge in [0.25, 0.3) is 0 Å². The third-order valence-corrected chi connectivity index (χ3v) is 4.63. The van der Waals surface area contributed by atoms with Crippen LogP contribution in [0.2, 0.25) is 0 Å². The van der Waals surface area contributed by atoms with Crippen molar-refractivity contribution in [3.8, 4) is 5.75 Å². The van der Waals surface area contributed by atoms with Gasteiger partial charge in [-0.2, -0.15) is 0 Å². The summed E-state index contributed by atoms with van der Waals surface area (Å²) in [6.07, 6.45) is 2.55. The summed E-state index contributed by atoms with van der Waals surface area (Å²) in [5, 5.41) is 6.38. The van der Waals surface area contributed by atoms with E-state index in [9.17, 15) is 9.18 Å². The molecule has 1 saturated heterocycles. The fraction of sp³-hybridized carbons (Fsp3) is 0.619. The van der Waals surface area contributed by atoms with Gasteiger partial charge in [0.1, 0.15) is 17.7 Å². The van der Waals surface area contributed by atoms with Crippen LogP contribution in [-0.2, 0) is 4.79 Å². The van der Waals surface area contributed by atoms with Crippen molar-refractivity contribution in [2.24, 2.45) is 10.9 Å². The monoisotopic (exact) mass is 520 g/mol. The van der Waals surface area contributed by atoms with Crippen LogP contribution in [0.5, 0.6) is 5.75 Å². The zero-order valence-electron chi connectivity index (χ0n) is 17.6.